The van der Waals surface area contributed by atoms with Crippen molar-refractivity contribution in [1.82, 2.24) is 9.88 Å². The SMILES string of the molecule is CNC(c1ccn(Cc2ccc(Cl)cc2Cl)c1)C(C)C. The minimum absolute atomic E-state index is 0.372. The Bertz CT molecular complexity index is 576. The van der Waals surface area contributed by atoms with Crippen molar-refractivity contribution in [3.8, 4) is 0 Å². The van der Waals surface area contributed by atoms with Gasteiger partial charge >= 0.3 is 0 Å². The minimum Gasteiger partial charge on any atom is -0.350 e. The maximum absolute atomic E-state index is 6.22. The van der Waals surface area contributed by atoms with E-state index in [4.69, 9.17) is 23.2 Å². The average molecular weight is 311 g/mol. The van der Waals surface area contributed by atoms with Crippen LogP contribution in [0.3, 0.4) is 0 Å². The van der Waals surface area contributed by atoms with Gasteiger partial charge in [-0.1, -0.05) is 43.1 Å². The van der Waals surface area contributed by atoms with Gasteiger partial charge in [-0.3, -0.25) is 0 Å². The third-order valence-corrected chi connectivity index (χ3v) is 4.07. The molecule has 1 atom stereocenters. The maximum Gasteiger partial charge on any atom is 0.0485 e. The molecule has 2 nitrogen and oxygen atoms in total. The number of nitrogens with one attached hydrogen (secondary N) is 1. The van der Waals surface area contributed by atoms with E-state index in [1.165, 1.54) is 5.56 Å². The molecule has 0 aliphatic heterocycles. The van der Waals surface area contributed by atoms with Gasteiger partial charge in [-0.05, 0) is 42.3 Å². The van der Waals surface area contributed by atoms with Crippen LogP contribution in [0.5, 0.6) is 0 Å². The Morgan fingerprint density at radius 1 is 1.20 bits per heavy atom. The number of aromatic nitrogens is 1. The third kappa shape index (κ3) is 3.57. The van der Waals surface area contributed by atoms with Crippen LogP contribution >= 0.6 is 23.2 Å². The normalized spacial score (nSPS) is 12.9. The van der Waals surface area contributed by atoms with E-state index in [0.717, 1.165) is 12.1 Å². The highest BCUT2D eigenvalue weighted by Crippen LogP contribution is 2.24. The number of halogens is 2. The maximum atomic E-state index is 6.22. The largest absolute Gasteiger partial charge is 0.350 e. The zero-order chi connectivity index (χ0) is 14.7. The molecule has 0 saturated carbocycles. The first-order chi connectivity index (χ1) is 9.51. The van der Waals surface area contributed by atoms with Crippen LogP contribution in [-0.4, -0.2) is 11.6 Å². The van der Waals surface area contributed by atoms with Gasteiger partial charge in [0.2, 0.25) is 0 Å². The highest BCUT2D eigenvalue weighted by Gasteiger charge is 2.14. The molecule has 1 heterocycles. The number of nitrogens with zero attached hydrogens (tertiary/aromatic N) is 1. The van der Waals surface area contributed by atoms with Crippen LogP contribution in [0.15, 0.2) is 36.7 Å². The molecule has 0 fully saturated rings. The lowest BCUT2D eigenvalue weighted by molar-refractivity contribution is 0.443. The fourth-order valence-electron chi connectivity index (χ4n) is 2.47. The lowest BCUT2D eigenvalue weighted by atomic mass is 9.99. The molecule has 2 aromatic rings. The molecular formula is C16H20Cl2N2. The molecule has 0 spiro atoms. The molecule has 108 valence electrons. The zero-order valence-electron chi connectivity index (χ0n) is 12.0. The molecule has 0 aliphatic rings. The van der Waals surface area contributed by atoms with Crippen molar-refractivity contribution in [3.05, 3.63) is 57.8 Å². The van der Waals surface area contributed by atoms with Gasteiger partial charge in [-0.25, -0.2) is 0 Å². The Balaban J connectivity index is 2.17. The molecule has 20 heavy (non-hydrogen) atoms. The second-order valence-electron chi connectivity index (χ2n) is 5.36. The Kier molecular flexibility index (Phi) is 5.14. The van der Waals surface area contributed by atoms with Gasteiger partial charge in [0, 0.05) is 35.0 Å². The summed E-state index contributed by atoms with van der Waals surface area (Å²) in [6.45, 7) is 5.19. The Morgan fingerprint density at radius 2 is 1.95 bits per heavy atom. The predicted octanol–water partition coefficient (Wildman–Crippen LogP) is 4.76. The zero-order valence-corrected chi connectivity index (χ0v) is 13.5. The van der Waals surface area contributed by atoms with Gasteiger partial charge in [0.1, 0.15) is 0 Å². The van der Waals surface area contributed by atoms with Crippen LogP contribution in [-0.2, 0) is 6.54 Å². The van der Waals surface area contributed by atoms with Crippen LogP contribution in [0.25, 0.3) is 0 Å². The van der Waals surface area contributed by atoms with E-state index in [0.29, 0.717) is 22.0 Å². The minimum atomic E-state index is 0.372. The molecule has 0 bridgehead atoms. The number of rotatable bonds is 5. The molecule has 0 amide bonds. The van der Waals surface area contributed by atoms with Crippen molar-refractivity contribution in [1.29, 1.82) is 0 Å². The summed E-state index contributed by atoms with van der Waals surface area (Å²) in [5.74, 6) is 0.551. The number of hydrogen-bond donors (Lipinski definition) is 1. The van der Waals surface area contributed by atoms with Crippen molar-refractivity contribution < 1.29 is 0 Å². The van der Waals surface area contributed by atoms with Crippen molar-refractivity contribution in [2.75, 3.05) is 7.05 Å². The second kappa shape index (κ2) is 6.66. The Morgan fingerprint density at radius 3 is 2.55 bits per heavy atom. The summed E-state index contributed by atoms with van der Waals surface area (Å²) in [5, 5.41) is 4.74. The average Bonchev–Trinajstić information content (AvgIpc) is 2.81. The topological polar surface area (TPSA) is 17.0 Å². The molecule has 4 heteroatoms. The molecule has 2 rings (SSSR count). The molecule has 0 aliphatic carbocycles. The van der Waals surface area contributed by atoms with E-state index < -0.39 is 0 Å². The highest BCUT2D eigenvalue weighted by molar-refractivity contribution is 6.35. The molecule has 0 saturated heterocycles. The summed E-state index contributed by atoms with van der Waals surface area (Å²) in [6.07, 6.45) is 4.26. The van der Waals surface area contributed by atoms with Gasteiger partial charge in [0.25, 0.3) is 0 Å². The first kappa shape index (κ1) is 15.4. The first-order valence-electron chi connectivity index (χ1n) is 6.78. The molecular weight excluding hydrogens is 291 g/mol. The monoisotopic (exact) mass is 310 g/mol. The first-order valence-corrected chi connectivity index (χ1v) is 7.53. The summed E-state index contributed by atoms with van der Waals surface area (Å²) in [6, 6.07) is 8.16. The molecule has 0 radical (unpaired) electrons. The van der Waals surface area contributed by atoms with Crippen LogP contribution in [0.1, 0.15) is 31.0 Å². The van der Waals surface area contributed by atoms with Gasteiger partial charge < -0.3 is 9.88 Å². The van der Waals surface area contributed by atoms with Gasteiger partial charge in [0.05, 0.1) is 0 Å². The van der Waals surface area contributed by atoms with Crippen LogP contribution in [0.2, 0.25) is 10.0 Å². The van der Waals surface area contributed by atoms with Crippen molar-refractivity contribution in [3.63, 3.8) is 0 Å². The van der Waals surface area contributed by atoms with E-state index in [9.17, 15) is 0 Å². The van der Waals surface area contributed by atoms with Gasteiger partial charge in [-0.15, -0.1) is 0 Å². The summed E-state index contributed by atoms with van der Waals surface area (Å²) in [7, 11) is 2.00. The Labute approximate surface area is 130 Å². The van der Waals surface area contributed by atoms with Crippen molar-refractivity contribution in [2.24, 2.45) is 5.92 Å². The smallest absolute Gasteiger partial charge is 0.0485 e. The second-order valence-corrected chi connectivity index (χ2v) is 6.21. The Hall–Kier alpha value is -0.960. The molecule has 1 aromatic carbocycles. The standard InChI is InChI=1S/C16H20Cl2N2/c1-11(2)16(19-3)13-6-7-20(10-13)9-12-4-5-14(17)8-15(12)18/h4-8,10-11,16,19H,9H2,1-3H3. The summed E-state index contributed by atoms with van der Waals surface area (Å²) >= 11 is 12.1. The highest BCUT2D eigenvalue weighted by atomic mass is 35.5. The van der Waals surface area contributed by atoms with Crippen molar-refractivity contribution >= 4 is 23.2 Å². The lowest BCUT2D eigenvalue weighted by Gasteiger charge is -2.18. The summed E-state index contributed by atoms with van der Waals surface area (Å²) in [5.41, 5.74) is 2.37. The summed E-state index contributed by atoms with van der Waals surface area (Å²) in [4.78, 5) is 0. The molecule has 1 unspecified atom stereocenters. The molecule has 1 aromatic heterocycles. The number of hydrogen-bond acceptors (Lipinski definition) is 1. The van der Waals surface area contributed by atoms with Crippen LogP contribution in [0, 0.1) is 5.92 Å². The fraction of sp³-hybridized carbons (Fsp3) is 0.375. The summed E-state index contributed by atoms with van der Waals surface area (Å²) < 4.78 is 2.15. The quantitative estimate of drug-likeness (QED) is 0.842. The van der Waals surface area contributed by atoms with E-state index in [1.54, 1.807) is 6.07 Å². The fourth-order valence-corrected chi connectivity index (χ4v) is 2.94. The van der Waals surface area contributed by atoms with Gasteiger partial charge in [0.15, 0.2) is 0 Å². The van der Waals surface area contributed by atoms with Gasteiger partial charge in [-0.2, -0.15) is 0 Å². The van der Waals surface area contributed by atoms with Crippen molar-refractivity contribution in [2.45, 2.75) is 26.4 Å². The lowest BCUT2D eigenvalue weighted by Crippen LogP contribution is -2.21. The third-order valence-electron chi connectivity index (χ3n) is 3.48. The predicted molar refractivity (Wildman–Crippen MR) is 86.6 cm³/mol. The van der Waals surface area contributed by atoms with E-state index in [2.05, 4.69) is 42.2 Å². The van der Waals surface area contributed by atoms with Crippen LogP contribution in [0.4, 0.5) is 0 Å². The molecule has 1 N–H and O–H groups in total. The number of benzene rings is 1. The van der Waals surface area contributed by atoms with E-state index in [-0.39, 0.29) is 0 Å². The van der Waals surface area contributed by atoms with E-state index >= 15 is 0 Å². The van der Waals surface area contributed by atoms with E-state index in [1.807, 2.05) is 19.2 Å². The van der Waals surface area contributed by atoms with Crippen LogP contribution < -0.4 is 5.32 Å².